The van der Waals surface area contributed by atoms with Crippen LogP contribution in [0.2, 0.25) is 0 Å². The molecule has 1 aliphatic carbocycles. The van der Waals surface area contributed by atoms with Crippen LogP contribution < -0.4 is 0 Å². The number of carboxylic acids is 1. The zero-order valence-electron chi connectivity index (χ0n) is 8.73. The average molecular weight is 216 g/mol. The summed E-state index contributed by atoms with van der Waals surface area (Å²) in [5, 5.41) is 18.5. The van der Waals surface area contributed by atoms with E-state index in [0.717, 1.165) is 0 Å². The molecule has 0 bridgehead atoms. The van der Waals surface area contributed by atoms with Gasteiger partial charge in [-0.3, -0.25) is 9.59 Å². The van der Waals surface area contributed by atoms with E-state index >= 15 is 0 Å². The molecule has 1 aliphatic rings. The van der Waals surface area contributed by atoms with Crippen LogP contribution in [0.3, 0.4) is 0 Å². The molecular formula is C10H16O5. The van der Waals surface area contributed by atoms with Crippen LogP contribution in [0.1, 0.15) is 32.6 Å². The van der Waals surface area contributed by atoms with Crippen molar-refractivity contribution in [1.29, 1.82) is 0 Å². The molecule has 0 aromatic rings. The highest BCUT2D eigenvalue weighted by Gasteiger charge is 2.50. The molecule has 1 fully saturated rings. The van der Waals surface area contributed by atoms with Crippen LogP contribution in [-0.2, 0) is 14.3 Å². The Morgan fingerprint density at radius 1 is 1.53 bits per heavy atom. The molecule has 0 saturated heterocycles. The Morgan fingerprint density at radius 2 is 2.20 bits per heavy atom. The van der Waals surface area contributed by atoms with Gasteiger partial charge in [-0.15, -0.1) is 0 Å². The fourth-order valence-corrected chi connectivity index (χ4v) is 1.98. The summed E-state index contributed by atoms with van der Waals surface area (Å²) >= 11 is 0. The number of rotatable bonds is 3. The van der Waals surface area contributed by atoms with Gasteiger partial charge in [0.25, 0.3) is 0 Å². The van der Waals surface area contributed by atoms with E-state index in [2.05, 4.69) is 0 Å². The first-order chi connectivity index (χ1) is 7.03. The maximum atomic E-state index is 11.6. The molecule has 2 unspecified atom stereocenters. The van der Waals surface area contributed by atoms with Crippen molar-refractivity contribution >= 4 is 11.9 Å². The van der Waals surface area contributed by atoms with Crippen LogP contribution in [-0.4, -0.2) is 34.9 Å². The van der Waals surface area contributed by atoms with E-state index in [1.165, 1.54) is 0 Å². The summed E-state index contributed by atoms with van der Waals surface area (Å²) in [4.78, 5) is 22.7. The summed E-state index contributed by atoms with van der Waals surface area (Å²) in [6.45, 7) is 1.79. The fourth-order valence-electron chi connectivity index (χ4n) is 1.98. The summed E-state index contributed by atoms with van der Waals surface area (Å²) in [6.07, 6.45) is 0.569. The van der Waals surface area contributed by atoms with Crippen molar-refractivity contribution in [3.8, 4) is 0 Å². The molecule has 0 aromatic heterocycles. The van der Waals surface area contributed by atoms with E-state index in [1.54, 1.807) is 6.92 Å². The van der Waals surface area contributed by atoms with Crippen molar-refractivity contribution in [2.75, 3.05) is 6.61 Å². The second-order valence-electron chi connectivity index (χ2n) is 3.86. The number of carbonyl (C=O) groups excluding carboxylic acids is 1. The molecule has 0 amide bonds. The minimum atomic E-state index is -1.53. The van der Waals surface area contributed by atoms with Crippen LogP contribution in [0, 0.1) is 5.41 Å². The smallest absolute Gasteiger partial charge is 0.323 e. The first-order valence-corrected chi connectivity index (χ1v) is 5.11. The van der Waals surface area contributed by atoms with Crippen LogP contribution in [0.15, 0.2) is 0 Å². The van der Waals surface area contributed by atoms with Gasteiger partial charge >= 0.3 is 11.9 Å². The number of aliphatic carboxylic acids is 1. The van der Waals surface area contributed by atoms with Crippen molar-refractivity contribution in [3.63, 3.8) is 0 Å². The van der Waals surface area contributed by atoms with E-state index in [-0.39, 0.29) is 19.4 Å². The van der Waals surface area contributed by atoms with Gasteiger partial charge in [-0.05, 0) is 26.2 Å². The Kier molecular flexibility index (Phi) is 3.68. The molecule has 5 nitrogen and oxygen atoms in total. The number of carbonyl (C=O) groups is 2. The van der Waals surface area contributed by atoms with E-state index < -0.39 is 23.5 Å². The number of hydrogen-bond acceptors (Lipinski definition) is 4. The SMILES string of the molecule is CCOC(=O)C1(C(=O)O)CCCC(O)C1. The standard InChI is InChI=1S/C10H16O5/c1-2-15-9(14)10(8(12)13)5-3-4-7(11)6-10/h7,11H,2-6H2,1H3,(H,12,13). The largest absolute Gasteiger partial charge is 0.480 e. The van der Waals surface area contributed by atoms with E-state index in [0.29, 0.717) is 12.8 Å². The van der Waals surface area contributed by atoms with Crippen LogP contribution >= 0.6 is 0 Å². The molecule has 2 N–H and O–H groups in total. The Hall–Kier alpha value is -1.10. The van der Waals surface area contributed by atoms with Gasteiger partial charge < -0.3 is 14.9 Å². The number of aliphatic hydroxyl groups is 1. The van der Waals surface area contributed by atoms with Gasteiger partial charge in [0.15, 0.2) is 5.41 Å². The lowest BCUT2D eigenvalue weighted by Crippen LogP contribution is -2.45. The molecule has 0 spiro atoms. The van der Waals surface area contributed by atoms with Crippen molar-refractivity contribution in [2.45, 2.75) is 38.7 Å². The van der Waals surface area contributed by atoms with Crippen molar-refractivity contribution < 1.29 is 24.5 Å². The molecule has 2 atom stereocenters. The normalized spacial score (nSPS) is 30.9. The number of carboxylic acid groups (broad SMARTS) is 1. The maximum Gasteiger partial charge on any atom is 0.323 e. The lowest BCUT2D eigenvalue weighted by atomic mass is 9.73. The van der Waals surface area contributed by atoms with Gasteiger partial charge in [-0.1, -0.05) is 0 Å². The lowest BCUT2D eigenvalue weighted by molar-refractivity contribution is -0.174. The molecule has 86 valence electrons. The van der Waals surface area contributed by atoms with E-state index in [4.69, 9.17) is 9.84 Å². The maximum absolute atomic E-state index is 11.6. The molecular weight excluding hydrogens is 200 g/mol. The summed E-state index contributed by atoms with van der Waals surface area (Å²) in [5.41, 5.74) is -1.53. The van der Waals surface area contributed by atoms with Gasteiger partial charge in [0.2, 0.25) is 0 Å². The van der Waals surface area contributed by atoms with Gasteiger partial charge in [0.1, 0.15) is 0 Å². The first-order valence-electron chi connectivity index (χ1n) is 5.11. The highest BCUT2D eigenvalue weighted by atomic mass is 16.5. The van der Waals surface area contributed by atoms with Gasteiger partial charge in [-0.2, -0.15) is 0 Å². The topological polar surface area (TPSA) is 83.8 Å². The molecule has 0 aromatic carbocycles. The molecule has 0 heterocycles. The Labute approximate surface area is 88.0 Å². The summed E-state index contributed by atoms with van der Waals surface area (Å²) < 4.78 is 4.76. The molecule has 1 rings (SSSR count). The zero-order chi connectivity index (χ0) is 11.5. The summed E-state index contributed by atoms with van der Waals surface area (Å²) in [5.74, 6) is -1.92. The Bertz CT molecular complexity index is 263. The lowest BCUT2D eigenvalue weighted by Gasteiger charge is -2.33. The number of ether oxygens (including phenoxy) is 1. The molecule has 1 saturated carbocycles. The third-order valence-electron chi connectivity index (χ3n) is 2.80. The van der Waals surface area contributed by atoms with Crippen molar-refractivity contribution in [2.24, 2.45) is 5.41 Å². The Balaban J connectivity index is 2.87. The fraction of sp³-hybridized carbons (Fsp3) is 0.800. The second kappa shape index (κ2) is 4.61. The summed E-state index contributed by atoms with van der Waals surface area (Å²) in [7, 11) is 0. The average Bonchev–Trinajstić information content (AvgIpc) is 2.17. The van der Waals surface area contributed by atoms with Crippen molar-refractivity contribution in [1.82, 2.24) is 0 Å². The highest BCUT2D eigenvalue weighted by Crippen LogP contribution is 2.37. The van der Waals surface area contributed by atoms with Crippen LogP contribution in [0.25, 0.3) is 0 Å². The first kappa shape index (κ1) is 12.0. The minimum Gasteiger partial charge on any atom is -0.480 e. The number of esters is 1. The predicted molar refractivity (Wildman–Crippen MR) is 51.2 cm³/mol. The Morgan fingerprint density at radius 3 is 2.67 bits per heavy atom. The van der Waals surface area contributed by atoms with Crippen molar-refractivity contribution in [3.05, 3.63) is 0 Å². The zero-order valence-corrected chi connectivity index (χ0v) is 8.73. The minimum absolute atomic E-state index is 0.0405. The summed E-state index contributed by atoms with van der Waals surface area (Å²) in [6, 6.07) is 0. The molecule has 0 aliphatic heterocycles. The third-order valence-corrected chi connectivity index (χ3v) is 2.80. The van der Waals surface area contributed by atoms with Crippen LogP contribution in [0.5, 0.6) is 0 Å². The molecule has 0 radical (unpaired) electrons. The van der Waals surface area contributed by atoms with Crippen LogP contribution in [0.4, 0.5) is 0 Å². The monoisotopic (exact) mass is 216 g/mol. The third kappa shape index (κ3) is 2.28. The number of hydrogen-bond donors (Lipinski definition) is 2. The van der Waals surface area contributed by atoms with E-state index in [9.17, 15) is 14.7 Å². The van der Waals surface area contributed by atoms with Gasteiger partial charge in [0.05, 0.1) is 12.7 Å². The van der Waals surface area contributed by atoms with E-state index in [1.807, 2.05) is 0 Å². The predicted octanol–water partition coefficient (Wildman–Crippen LogP) is 0.555. The van der Waals surface area contributed by atoms with Gasteiger partial charge in [0, 0.05) is 6.42 Å². The van der Waals surface area contributed by atoms with Gasteiger partial charge in [-0.25, -0.2) is 0 Å². The number of aliphatic hydroxyl groups excluding tert-OH is 1. The molecule has 5 heteroatoms. The highest BCUT2D eigenvalue weighted by molar-refractivity contribution is 5.99. The second-order valence-corrected chi connectivity index (χ2v) is 3.86. The molecule has 15 heavy (non-hydrogen) atoms. The quantitative estimate of drug-likeness (QED) is 0.532.